The largest absolute Gasteiger partial charge is 0.374 e. The summed E-state index contributed by atoms with van der Waals surface area (Å²) in [6, 6.07) is 0. The topological polar surface area (TPSA) is 61.0 Å². The molecule has 78 valence electrons. The first kappa shape index (κ1) is 10.2. The van der Waals surface area contributed by atoms with Gasteiger partial charge in [0.05, 0.1) is 12.2 Å². The van der Waals surface area contributed by atoms with Crippen LogP contribution in [0.2, 0.25) is 0 Å². The molecule has 1 fully saturated rings. The van der Waals surface area contributed by atoms with Crippen molar-refractivity contribution in [3.63, 3.8) is 0 Å². The molecule has 6 heteroatoms. The van der Waals surface area contributed by atoms with Gasteiger partial charge < -0.3 is 10.5 Å². The number of nitrogens with zero attached hydrogens (tertiary/aromatic N) is 2. The van der Waals surface area contributed by atoms with Crippen molar-refractivity contribution in [1.29, 1.82) is 0 Å². The van der Waals surface area contributed by atoms with E-state index in [2.05, 4.69) is 17.1 Å². The minimum absolute atomic E-state index is 0.375. The Kier molecular flexibility index (Phi) is 3.25. The smallest absolute Gasteiger partial charge is 0.203 e. The maximum Gasteiger partial charge on any atom is 0.203 e. The number of hydrogen-bond donors (Lipinski definition) is 1. The molecule has 2 atom stereocenters. The van der Waals surface area contributed by atoms with Crippen molar-refractivity contribution in [3.8, 4) is 0 Å². The van der Waals surface area contributed by atoms with Gasteiger partial charge in [-0.3, -0.25) is 0 Å². The third-order valence-corrected chi connectivity index (χ3v) is 4.15. The van der Waals surface area contributed by atoms with E-state index in [1.807, 2.05) is 0 Å². The van der Waals surface area contributed by atoms with Crippen LogP contribution in [0.4, 0.5) is 5.13 Å². The number of rotatable bonds is 3. The molecule has 1 aliphatic rings. The third kappa shape index (κ3) is 2.59. The van der Waals surface area contributed by atoms with Gasteiger partial charge in [-0.15, -0.1) is 10.2 Å². The van der Waals surface area contributed by atoms with Crippen LogP contribution in [0.3, 0.4) is 0 Å². The zero-order chi connectivity index (χ0) is 9.97. The molecule has 2 rings (SSSR count). The van der Waals surface area contributed by atoms with E-state index in [9.17, 15) is 0 Å². The molecule has 2 N–H and O–H groups in total. The van der Waals surface area contributed by atoms with Crippen molar-refractivity contribution < 1.29 is 4.74 Å². The van der Waals surface area contributed by atoms with Gasteiger partial charge >= 0.3 is 0 Å². The monoisotopic (exact) mass is 231 g/mol. The Hall–Kier alpha value is -0.330. The standard InChI is InChI=1S/C8H13N3OS2/c1-5-2-3-6(12-5)4-13-8-11-10-7(9)14-8/h5-6H,2-4H2,1H3,(H2,9,10)/t5-,6+/m1/s1. The van der Waals surface area contributed by atoms with Gasteiger partial charge in [0.25, 0.3) is 0 Å². The molecule has 4 nitrogen and oxygen atoms in total. The lowest BCUT2D eigenvalue weighted by atomic mass is 10.2. The zero-order valence-electron chi connectivity index (χ0n) is 7.97. The summed E-state index contributed by atoms with van der Waals surface area (Å²) in [7, 11) is 0. The Morgan fingerprint density at radius 1 is 1.57 bits per heavy atom. The fourth-order valence-corrected chi connectivity index (χ4v) is 3.16. The van der Waals surface area contributed by atoms with E-state index >= 15 is 0 Å². The molecule has 2 heterocycles. The Bertz CT molecular complexity index is 305. The molecular weight excluding hydrogens is 218 g/mol. The quantitative estimate of drug-likeness (QED) is 0.803. The zero-order valence-corrected chi connectivity index (χ0v) is 9.61. The fourth-order valence-electron chi connectivity index (χ4n) is 1.45. The minimum atomic E-state index is 0.375. The van der Waals surface area contributed by atoms with E-state index in [4.69, 9.17) is 10.5 Å². The Labute approximate surface area is 91.2 Å². The van der Waals surface area contributed by atoms with Gasteiger partial charge in [0.2, 0.25) is 5.13 Å². The summed E-state index contributed by atoms with van der Waals surface area (Å²) < 4.78 is 6.63. The van der Waals surface area contributed by atoms with Gasteiger partial charge in [-0.1, -0.05) is 23.1 Å². The normalized spacial score (nSPS) is 26.9. The molecule has 1 aliphatic heterocycles. The van der Waals surface area contributed by atoms with E-state index in [0.29, 0.717) is 17.3 Å². The summed E-state index contributed by atoms with van der Waals surface area (Å²) in [6.45, 7) is 2.12. The average Bonchev–Trinajstić information content (AvgIpc) is 2.72. The van der Waals surface area contributed by atoms with Crippen LogP contribution in [-0.2, 0) is 4.74 Å². The van der Waals surface area contributed by atoms with Crippen LogP contribution in [0.1, 0.15) is 19.8 Å². The molecule has 0 bridgehead atoms. The van der Waals surface area contributed by atoms with E-state index in [1.165, 1.54) is 17.8 Å². The summed E-state index contributed by atoms with van der Waals surface area (Å²) in [4.78, 5) is 0. The van der Waals surface area contributed by atoms with Crippen molar-refractivity contribution in [1.82, 2.24) is 10.2 Å². The highest BCUT2D eigenvalue weighted by atomic mass is 32.2. The predicted octanol–water partition coefficient (Wildman–Crippen LogP) is 1.78. The lowest BCUT2D eigenvalue weighted by Gasteiger charge is -2.08. The van der Waals surface area contributed by atoms with Crippen molar-refractivity contribution in [2.24, 2.45) is 0 Å². The first-order valence-corrected chi connectivity index (χ1v) is 6.41. The number of hydrogen-bond acceptors (Lipinski definition) is 6. The Balaban J connectivity index is 1.77. The van der Waals surface area contributed by atoms with E-state index in [0.717, 1.165) is 16.5 Å². The number of anilines is 1. The molecule has 0 aromatic carbocycles. The maximum absolute atomic E-state index is 5.69. The highest BCUT2D eigenvalue weighted by Gasteiger charge is 2.22. The molecule has 0 spiro atoms. The molecule has 0 aliphatic carbocycles. The molecule has 0 amide bonds. The number of thioether (sulfide) groups is 1. The van der Waals surface area contributed by atoms with E-state index < -0.39 is 0 Å². The first-order chi connectivity index (χ1) is 6.74. The summed E-state index contributed by atoms with van der Waals surface area (Å²) in [5.41, 5.74) is 5.48. The second-order valence-corrected chi connectivity index (χ2v) is 5.64. The molecular formula is C8H13N3OS2. The van der Waals surface area contributed by atoms with Crippen molar-refractivity contribution >= 4 is 28.2 Å². The van der Waals surface area contributed by atoms with Crippen LogP contribution in [-0.4, -0.2) is 28.2 Å². The van der Waals surface area contributed by atoms with Gasteiger partial charge in [0, 0.05) is 5.75 Å². The van der Waals surface area contributed by atoms with Crippen molar-refractivity contribution in [3.05, 3.63) is 0 Å². The highest BCUT2D eigenvalue weighted by molar-refractivity contribution is 8.01. The van der Waals surface area contributed by atoms with Crippen molar-refractivity contribution in [2.75, 3.05) is 11.5 Å². The van der Waals surface area contributed by atoms with Crippen LogP contribution in [0.15, 0.2) is 4.34 Å². The second-order valence-electron chi connectivity index (χ2n) is 3.36. The van der Waals surface area contributed by atoms with Crippen LogP contribution < -0.4 is 5.73 Å². The highest BCUT2D eigenvalue weighted by Crippen LogP contribution is 2.28. The molecule has 1 aromatic heterocycles. The average molecular weight is 231 g/mol. The molecule has 1 aromatic rings. The number of nitrogen functional groups attached to an aromatic ring is 1. The van der Waals surface area contributed by atoms with Crippen LogP contribution in [0.5, 0.6) is 0 Å². The summed E-state index contributed by atoms with van der Waals surface area (Å²) in [5.74, 6) is 0.957. The van der Waals surface area contributed by atoms with Crippen LogP contribution >= 0.6 is 23.1 Å². The maximum atomic E-state index is 5.69. The molecule has 0 saturated carbocycles. The van der Waals surface area contributed by atoms with Gasteiger partial charge in [0.1, 0.15) is 0 Å². The number of aromatic nitrogens is 2. The van der Waals surface area contributed by atoms with Gasteiger partial charge in [-0.2, -0.15) is 0 Å². The summed E-state index contributed by atoms with van der Waals surface area (Å²) in [5, 5.41) is 8.24. The van der Waals surface area contributed by atoms with Gasteiger partial charge in [-0.05, 0) is 19.8 Å². The minimum Gasteiger partial charge on any atom is -0.374 e. The first-order valence-electron chi connectivity index (χ1n) is 4.61. The van der Waals surface area contributed by atoms with Gasteiger partial charge in [0.15, 0.2) is 4.34 Å². The molecule has 1 saturated heterocycles. The Morgan fingerprint density at radius 2 is 2.43 bits per heavy atom. The SMILES string of the molecule is C[C@@H]1CC[C@@H](CSc2nnc(N)s2)O1. The van der Waals surface area contributed by atoms with E-state index in [-0.39, 0.29) is 0 Å². The fraction of sp³-hybridized carbons (Fsp3) is 0.750. The molecule has 0 radical (unpaired) electrons. The lowest BCUT2D eigenvalue weighted by Crippen LogP contribution is -2.10. The molecule has 14 heavy (non-hydrogen) atoms. The van der Waals surface area contributed by atoms with Crippen molar-refractivity contribution in [2.45, 2.75) is 36.3 Å². The third-order valence-electron chi connectivity index (χ3n) is 2.13. The second kappa shape index (κ2) is 4.46. The number of nitrogens with two attached hydrogens (primary N) is 1. The van der Waals surface area contributed by atoms with Gasteiger partial charge in [-0.25, -0.2) is 0 Å². The van der Waals surface area contributed by atoms with E-state index in [1.54, 1.807) is 11.8 Å². The number of ether oxygens (including phenoxy) is 1. The van der Waals surface area contributed by atoms with Crippen LogP contribution in [0, 0.1) is 0 Å². The molecule has 0 unspecified atom stereocenters. The predicted molar refractivity (Wildman–Crippen MR) is 58.6 cm³/mol. The lowest BCUT2D eigenvalue weighted by molar-refractivity contribution is 0.0700. The Morgan fingerprint density at radius 3 is 3.00 bits per heavy atom. The summed E-state index contributed by atoms with van der Waals surface area (Å²) >= 11 is 3.12. The van der Waals surface area contributed by atoms with Crippen LogP contribution in [0.25, 0.3) is 0 Å². The summed E-state index contributed by atoms with van der Waals surface area (Å²) in [6.07, 6.45) is 3.12.